The number of oxime groups is 1. The van der Waals surface area contributed by atoms with Crippen LogP contribution in [0.1, 0.15) is 75.7 Å². The third-order valence-electron chi connectivity index (χ3n) is 6.28. The van der Waals surface area contributed by atoms with E-state index in [-0.39, 0.29) is 17.3 Å². The summed E-state index contributed by atoms with van der Waals surface area (Å²) in [7, 11) is 0. The molecule has 0 saturated carbocycles. The lowest BCUT2D eigenvalue weighted by atomic mass is 10.0. The predicted octanol–water partition coefficient (Wildman–Crippen LogP) is 8.43. The molecule has 0 amide bonds. The van der Waals surface area contributed by atoms with Crippen molar-refractivity contribution < 1.29 is 19.2 Å². The Balaban J connectivity index is 1.41. The molecule has 0 unspecified atom stereocenters. The second-order valence-corrected chi connectivity index (χ2v) is 10.4. The minimum absolute atomic E-state index is 0.0124. The van der Waals surface area contributed by atoms with E-state index in [4.69, 9.17) is 4.84 Å². The maximum Gasteiger partial charge on any atom is 0.365 e. The Kier molecular flexibility index (Phi) is 10.6. The molecule has 0 bridgehead atoms. The van der Waals surface area contributed by atoms with Crippen LogP contribution in [0.2, 0.25) is 0 Å². The Labute approximate surface area is 239 Å². The predicted molar refractivity (Wildman–Crippen MR) is 159 cm³/mol. The average Bonchev–Trinajstić information content (AvgIpc) is 3.01. The number of unbranched alkanes of at least 4 members (excludes halogenated alkanes) is 3. The normalized spacial score (nSPS) is 11.2. The van der Waals surface area contributed by atoms with Crippen LogP contribution in [0.15, 0.2) is 124 Å². The first kappa shape index (κ1) is 28.7. The van der Waals surface area contributed by atoms with Gasteiger partial charge in [0.15, 0.2) is 5.78 Å². The SMILES string of the molecule is CCCCCC/C(=N/OC(=O)c1ccccc1)C(=O)c1ccc(Sc2ccc(C(=O)c3ccccc3)cc2)cc1. The third-order valence-corrected chi connectivity index (χ3v) is 7.30. The topological polar surface area (TPSA) is 72.8 Å². The minimum atomic E-state index is -0.595. The Bertz CT molecular complexity index is 1450. The van der Waals surface area contributed by atoms with E-state index >= 15 is 0 Å². The molecule has 0 aliphatic rings. The number of rotatable bonds is 13. The van der Waals surface area contributed by atoms with Gasteiger partial charge in [-0.15, -0.1) is 0 Å². The maximum absolute atomic E-state index is 13.3. The lowest BCUT2D eigenvalue weighted by Crippen LogP contribution is -2.16. The first-order chi connectivity index (χ1) is 19.5. The molecule has 0 N–H and O–H groups in total. The van der Waals surface area contributed by atoms with Crippen molar-refractivity contribution in [1.82, 2.24) is 0 Å². The van der Waals surface area contributed by atoms with Gasteiger partial charge in [-0.25, -0.2) is 4.79 Å². The van der Waals surface area contributed by atoms with Gasteiger partial charge < -0.3 is 4.84 Å². The molecule has 0 aromatic heterocycles. The van der Waals surface area contributed by atoms with E-state index in [1.165, 1.54) is 0 Å². The van der Waals surface area contributed by atoms with Crippen molar-refractivity contribution in [2.75, 3.05) is 0 Å². The summed E-state index contributed by atoms with van der Waals surface area (Å²) in [5, 5.41) is 3.99. The second kappa shape index (κ2) is 14.8. The summed E-state index contributed by atoms with van der Waals surface area (Å²) in [5.74, 6) is -0.859. The largest absolute Gasteiger partial charge is 0.365 e. The summed E-state index contributed by atoms with van der Waals surface area (Å²) in [5.41, 5.74) is 2.39. The molecule has 0 aliphatic carbocycles. The van der Waals surface area contributed by atoms with Crippen molar-refractivity contribution in [3.8, 4) is 0 Å². The summed E-state index contributed by atoms with van der Waals surface area (Å²) in [4.78, 5) is 45.4. The molecule has 0 saturated heterocycles. The first-order valence-electron chi connectivity index (χ1n) is 13.4. The van der Waals surface area contributed by atoms with Crippen molar-refractivity contribution in [2.24, 2.45) is 5.16 Å². The molecule has 40 heavy (non-hydrogen) atoms. The molecule has 4 rings (SSSR count). The standard InChI is InChI=1S/C34H31NO4S/c1-2-3-4-11-16-31(35-39-34(38)28-14-9-6-10-15-28)33(37)27-19-23-30(24-20-27)40-29-21-17-26(18-22-29)32(36)25-12-7-5-8-13-25/h5-10,12-15,17-24H,2-4,11,16H2,1H3/b35-31-. The molecule has 4 aromatic rings. The van der Waals surface area contributed by atoms with E-state index in [1.54, 1.807) is 48.2 Å². The highest BCUT2D eigenvalue weighted by Crippen LogP contribution is 2.28. The molecular weight excluding hydrogens is 518 g/mol. The highest BCUT2D eigenvalue weighted by molar-refractivity contribution is 7.99. The summed E-state index contributed by atoms with van der Waals surface area (Å²) >= 11 is 1.54. The molecule has 0 fully saturated rings. The zero-order valence-electron chi connectivity index (χ0n) is 22.4. The molecule has 0 spiro atoms. The second-order valence-electron chi connectivity index (χ2n) is 9.27. The average molecular weight is 550 g/mol. The summed E-state index contributed by atoms with van der Waals surface area (Å²) < 4.78 is 0. The van der Waals surface area contributed by atoms with Gasteiger partial charge >= 0.3 is 5.97 Å². The molecule has 0 aliphatic heterocycles. The van der Waals surface area contributed by atoms with Crippen molar-refractivity contribution in [3.05, 3.63) is 131 Å². The molecule has 0 atom stereocenters. The van der Waals surface area contributed by atoms with Crippen LogP contribution in [-0.2, 0) is 4.84 Å². The first-order valence-corrected chi connectivity index (χ1v) is 14.2. The van der Waals surface area contributed by atoms with Crippen LogP contribution in [0.4, 0.5) is 0 Å². The van der Waals surface area contributed by atoms with Crippen LogP contribution < -0.4 is 0 Å². The number of benzene rings is 4. The van der Waals surface area contributed by atoms with E-state index in [0.29, 0.717) is 28.7 Å². The molecule has 202 valence electrons. The smallest absolute Gasteiger partial charge is 0.312 e. The monoisotopic (exact) mass is 549 g/mol. The van der Waals surface area contributed by atoms with Gasteiger partial charge in [0.05, 0.1) is 5.56 Å². The van der Waals surface area contributed by atoms with Crippen LogP contribution in [0.5, 0.6) is 0 Å². The minimum Gasteiger partial charge on any atom is -0.312 e. The number of nitrogens with zero attached hydrogens (tertiary/aromatic N) is 1. The molecule has 5 nitrogen and oxygen atoms in total. The number of ketones is 2. The van der Waals surface area contributed by atoms with Crippen LogP contribution >= 0.6 is 11.8 Å². The number of carbonyl (C=O) groups excluding carboxylic acids is 3. The lowest BCUT2D eigenvalue weighted by Gasteiger charge is -2.08. The fourth-order valence-corrected chi connectivity index (χ4v) is 4.87. The van der Waals surface area contributed by atoms with Crippen LogP contribution in [0.3, 0.4) is 0 Å². The van der Waals surface area contributed by atoms with Gasteiger partial charge in [-0.1, -0.05) is 91.6 Å². The van der Waals surface area contributed by atoms with Gasteiger partial charge in [-0.2, -0.15) is 0 Å². The Morgan fingerprint density at radius 2 is 1.15 bits per heavy atom. The molecule has 0 radical (unpaired) electrons. The quantitative estimate of drug-likeness (QED) is 0.0550. The molecule has 4 aromatic carbocycles. The van der Waals surface area contributed by atoms with E-state index in [9.17, 15) is 14.4 Å². The number of Topliss-reactive ketones (excluding diaryl/α,β-unsaturated/α-hetero) is 1. The zero-order valence-corrected chi connectivity index (χ0v) is 23.2. The van der Waals surface area contributed by atoms with Crippen molar-refractivity contribution in [3.63, 3.8) is 0 Å². The van der Waals surface area contributed by atoms with Gasteiger partial charge in [-0.3, -0.25) is 9.59 Å². The summed E-state index contributed by atoms with van der Waals surface area (Å²) in [6, 6.07) is 32.6. The Hall–Kier alpha value is -4.29. The van der Waals surface area contributed by atoms with E-state index < -0.39 is 5.97 Å². The Morgan fingerprint density at radius 1 is 0.625 bits per heavy atom. The highest BCUT2D eigenvalue weighted by Gasteiger charge is 2.17. The number of carbonyl (C=O) groups is 3. The molecule has 0 heterocycles. The van der Waals surface area contributed by atoms with Gasteiger partial charge in [0.25, 0.3) is 0 Å². The van der Waals surface area contributed by atoms with Crippen molar-refractivity contribution in [2.45, 2.75) is 48.8 Å². The third kappa shape index (κ3) is 8.10. The highest BCUT2D eigenvalue weighted by atomic mass is 32.2. The van der Waals surface area contributed by atoms with Gasteiger partial charge in [0.2, 0.25) is 5.78 Å². The van der Waals surface area contributed by atoms with Gasteiger partial charge in [0, 0.05) is 26.5 Å². The van der Waals surface area contributed by atoms with E-state index in [0.717, 1.165) is 35.5 Å². The van der Waals surface area contributed by atoms with Gasteiger partial charge in [0.1, 0.15) is 5.71 Å². The molecular formula is C34H31NO4S. The number of hydrogen-bond donors (Lipinski definition) is 0. The van der Waals surface area contributed by atoms with E-state index in [2.05, 4.69) is 12.1 Å². The van der Waals surface area contributed by atoms with Crippen molar-refractivity contribution >= 4 is 35.0 Å². The van der Waals surface area contributed by atoms with Crippen LogP contribution in [0, 0.1) is 0 Å². The Morgan fingerprint density at radius 3 is 1.73 bits per heavy atom. The summed E-state index contributed by atoms with van der Waals surface area (Å²) in [6.07, 6.45) is 4.34. The molecule has 6 heteroatoms. The lowest BCUT2D eigenvalue weighted by molar-refractivity contribution is 0.0514. The summed E-state index contributed by atoms with van der Waals surface area (Å²) in [6.45, 7) is 2.12. The maximum atomic E-state index is 13.3. The van der Waals surface area contributed by atoms with Crippen LogP contribution in [0.25, 0.3) is 0 Å². The van der Waals surface area contributed by atoms with Gasteiger partial charge in [-0.05, 0) is 73.5 Å². The van der Waals surface area contributed by atoms with E-state index in [1.807, 2.05) is 72.8 Å². The van der Waals surface area contributed by atoms with Crippen LogP contribution in [-0.4, -0.2) is 23.2 Å². The number of hydrogen-bond acceptors (Lipinski definition) is 6. The fraction of sp³-hybridized carbons (Fsp3) is 0.176. The zero-order chi connectivity index (χ0) is 28.2. The van der Waals surface area contributed by atoms with Crippen molar-refractivity contribution in [1.29, 1.82) is 0 Å². The fourth-order valence-electron chi connectivity index (χ4n) is 4.05.